The monoisotopic (exact) mass is 304 g/mol. The van der Waals surface area contributed by atoms with E-state index in [9.17, 15) is 9.90 Å². The van der Waals surface area contributed by atoms with Crippen LogP contribution in [0.2, 0.25) is 0 Å². The fourth-order valence-corrected chi connectivity index (χ4v) is 2.70. The van der Waals surface area contributed by atoms with E-state index in [1.165, 1.54) is 11.3 Å². The van der Waals surface area contributed by atoms with Crippen molar-refractivity contribution in [2.24, 2.45) is 0 Å². The Kier molecular flexibility index (Phi) is 4.63. The van der Waals surface area contributed by atoms with E-state index in [4.69, 9.17) is 4.74 Å². The molecule has 5 heteroatoms. The highest BCUT2D eigenvalue weighted by atomic mass is 32.1. The second-order valence-corrected chi connectivity index (χ2v) is 6.76. The third-order valence-corrected chi connectivity index (χ3v) is 3.84. The van der Waals surface area contributed by atoms with Gasteiger partial charge in [-0.05, 0) is 17.0 Å². The summed E-state index contributed by atoms with van der Waals surface area (Å²) < 4.78 is 5.85. The van der Waals surface area contributed by atoms with Gasteiger partial charge in [0.2, 0.25) is 0 Å². The standard InChI is InChI=1S/C16H19NO3S/c1-16(2,3)12-6-4-5-7-13(12)20-9-14-17-11(10-21-14)8-15(18)19/h4-7,10H,8-9H2,1-3H3,(H,18,19)/p-1. The summed E-state index contributed by atoms with van der Waals surface area (Å²) in [6.45, 7) is 6.74. The molecule has 0 saturated carbocycles. The molecule has 21 heavy (non-hydrogen) atoms. The highest BCUT2D eigenvalue weighted by molar-refractivity contribution is 7.09. The van der Waals surface area contributed by atoms with E-state index >= 15 is 0 Å². The first-order valence-electron chi connectivity index (χ1n) is 6.71. The van der Waals surface area contributed by atoms with Crippen molar-refractivity contribution in [2.45, 2.75) is 39.2 Å². The Morgan fingerprint density at radius 1 is 1.33 bits per heavy atom. The van der Waals surface area contributed by atoms with Crippen LogP contribution in [0, 0.1) is 0 Å². The normalized spacial score (nSPS) is 11.4. The number of para-hydroxylation sites is 1. The van der Waals surface area contributed by atoms with Crippen LogP contribution in [0.3, 0.4) is 0 Å². The summed E-state index contributed by atoms with van der Waals surface area (Å²) in [6, 6.07) is 7.93. The Balaban J connectivity index is 2.07. The molecule has 0 spiro atoms. The number of hydrogen-bond acceptors (Lipinski definition) is 5. The second kappa shape index (κ2) is 6.26. The molecule has 0 amide bonds. The first-order valence-corrected chi connectivity index (χ1v) is 7.59. The van der Waals surface area contributed by atoms with E-state index in [2.05, 4.69) is 31.8 Å². The van der Waals surface area contributed by atoms with E-state index in [-0.39, 0.29) is 11.8 Å². The molecule has 0 radical (unpaired) electrons. The number of carboxylic acid groups (broad SMARTS) is 1. The minimum absolute atomic E-state index is 0.000388. The lowest BCUT2D eigenvalue weighted by Gasteiger charge is -2.22. The molecule has 0 unspecified atom stereocenters. The van der Waals surface area contributed by atoms with Crippen LogP contribution in [0.4, 0.5) is 0 Å². The molecule has 0 N–H and O–H groups in total. The Bertz CT molecular complexity index is 628. The summed E-state index contributed by atoms with van der Waals surface area (Å²) in [4.78, 5) is 14.8. The third-order valence-electron chi connectivity index (χ3n) is 2.97. The summed E-state index contributed by atoms with van der Waals surface area (Å²) >= 11 is 1.40. The molecule has 4 nitrogen and oxygen atoms in total. The largest absolute Gasteiger partial charge is 0.550 e. The summed E-state index contributed by atoms with van der Waals surface area (Å²) in [5.74, 6) is -0.285. The van der Waals surface area contributed by atoms with Crippen LogP contribution in [-0.4, -0.2) is 11.0 Å². The van der Waals surface area contributed by atoms with Crippen molar-refractivity contribution in [3.63, 3.8) is 0 Å². The zero-order valence-corrected chi connectivity index (χ0v) is 13.2. The van der Waals surface area contributed by atoms with Gasteiger partial charge in [0.25, 0.3) is 0 Å². The Hall–Kier alpha value is -1.88. The number of benzene rings is 1. The predicted octanol–water partition coefficient (Wildman–Crippen LogP) is 2.31. The number of aliphatic carboxylic acids is 1. The molecule has 1 aromatic carbocycles. The number of aromatic nitrogens is 1. The molecule has 112 valence electrons. The fourth-order valence-electron chi connectivity index (χ4n) is 2.00. The van der Waals surface area contributed by atoms with E-state index in [0.717, 1.165) is 16.3 Å². The molecule has 0 fully saturated rings. The molecular weight excluding hydrogens is 286 g/mol. The van der Waals surface area contributed by atoms with Crippen LogP contribution in [0.5, 0.6) is 5.75 Å². The van der Waals surface area contributed by atoms with Gasteiger partial charge in [-0.1, -0.05) is 39.0 Å². The van der Waals surface area contributed by atoms with Gasteiger partial charge in [-0.2, -0.15) is 0 Å². The number of thiazole rings is 1. The van der Waals surface area contributed by atoms with Crippen molar-refractivity contribution in [1.82, 2.24) is 4.98 Å². The minimum atomic E-state index is -1.12. The fraction of sp³-hybridized carbons (Fsp3) is 0.375. The van der Waals surface area contributed by atoms with E-state index in [1.807, 2.05) is 18.2 Å². The van der Waals surface area contributed by atoms with Gasteiger partial charge in [0, 0.05) is 17.8 Å². The number of rotatable bonds is 5. The summed E-state index contributed by atoms with van der Waals surface area (Å²) in [5.41, 5.74) is 1.65. The van der Waals surface area contributed by atoms with Crippen molar-refractivity contribution in [2.75, 3.05) is 0 Å². The first-order chi connectivity index (χ1) is 9.86. The molecule has 0 aliphatic rings. The van der Waals surface area contributed by atoms with E-state index in [1.54, 1.807) is 5.38 Å². The van der Waals surface area contributed by atoms with Crippen LogP contribution in [-0.2, 0) is 23.2 Å². The molecule has 0 bridgehead atoms. The first kappa shape index (κ1) is 15.5. The van der Waals surface area contributed by atoms with Gasteiger partial charge in [-0.3, -0.25) is 0 Å². The van der Waals surface area contributed by atoms with Crippen molar-refractivity contribution in [1.29, 1.82) is 0 Å². The number of nitrogens with zero attached hydrogens (tertiary/aromatic N) is 1. The highest BCUT2D eigenvalue weighted by Crippen LogP contribution is 2.31. The SMILES string of the molecule is CC(C)(C)c1ccccc1OCc1nc(CC(=O)[O-])cs1. The van der Waals surface area contributed by atoms with Crippen molar-refractivity contribution in [3.05, 3.63) is 45.9 Å². The molecule has 0 aliphatic carbocycles. The Morgan fingerprint density at radius 3 is 2.71 bits per heavy atom. The van der Waals surface area contributed by atoms with Crippen molar-refractivity contribution < 1.29 is 14.6 Å². The quantitative estimate of drug-likeness (QED) is 0.850. The molecule has 2 aromatic rings. The van der Waals surface area contributed by atoms with Crippen LogP contribution in [0.15, 0.2) is 29.6 Å². The smallest absolute Gasteiger partial charge is 0.140 e. The van der Waals surface area contributed by atoms with Gasteiger partial charge in [-0.25, -0.2) is 4.98 Å². The van der Waals surface area contributed by atoms with Crippen LogP contribution in [0.1, 0.15) is 37.0 Å². The molecule has 0 aliphatic heterocycles. The summed E-state index contributed by atoms with van der Waals surface area (Å²) in [5, 5.41) is 13.0. The predicted molar refractivity (Wildman–Crippen MR) is 80.3 cm³/mol. The van der Waals surface area contributed by atoms with Crippen LogP contribution in [0.25, 0.3) is 0 Å². The second-order valence-electron chi connectivity index (χ2n) is 5.82. The lowest BCUT2D eigenvalue weighted by Crippen LogP contribution is -2.24. The van der Waals surface area contributed by atoms with Gasteiger partial charge < -0.3 is 14.6 Å². The van der Waals surface area contributed by atoms with Gasteiger partial charge >= 0.3 is 0 Å². The lowest BCUT2D eigenvalue weighted by molar-refractivity contribution is -0.304. The zero-order valence-electron chi connectivity index (χ0n) is 12.4. The third kappa shape index (κ3) is 4.29. The number of carbonyl (C=O) groups excluding carboxylic acids is 1. The number of hydrogen-bond donors (Lipinski definition) is 0. The lowest BCUT2D eigenvalue weighted by atomic mass is 9.86. The number of carbonyl (C=O) groups is 1. The number of ether oxygens (including phenoxy) is 1. The minimum Gasteiger partial charge on any atom is -0.550 e. The van der Waals surface area contributed by atoms with Crippen LogP contribution < -0.4 is 9.84 Å². The number of carboxylic acids is 1. The molecule has 1 aromatic heterocycles. The Labute approximate surface area is 128 Å². The summed E-state index contributed by atoms with van der Waals surface area (Å²) in [6.07, 6.45) is -0.158. The van der Waals surface area contributed by atoms with E-state index < -0.39 is 5.97 Å². The van der Waals surface area contributed by atoms with Gasteiger partial charge in [-0.15, -0.1) is 11.3 Å². The van der Waals surface area contributed by atoms with E-state index in [0.29, 0.717) is 12.3 Å². The molecule has 2 rings (SSSR count). The molecule has 0 atom stereocenters. The van der Waals surface area contributed by atoms with Crippen LogP contribution >= 0.6 is 11.3 Å². The highest BCUT2D eigenvalue weighted by Gasteiger charge is 2.18. The maximum atomic E-state index is 10.5. The topological polar surface area (TPSA) is 62.2 Å². The summed E-state index contributed by atoms with van der Waals surface area (Å²) in [7, 11) is 0. The Morgan fingerprint density at radius 2 is 2.05 bits per heavy atom. The molecular formula is C16H18NO3S-. The van der Waals surface area contributed by atoms with Gasteiger partial charge in [0.15, 0.2) is 0 Å². The maximum Gasteiger partial charge on any atom is 0.140 e. The van der Waals surface area contributed by atoms with Crippen molar-refractivity contribution in [3.8, 4) is 5.75 Å². The van der Waals surface area contributed by atoms with Crippen molar-refractivity contribution >= 4 is 17.3 Å². The maximum absolute atomic E-state index is 10.5. The van der Waals surface area contributed by atoms with Gasteiger partial charge in [0.1, 0.15) is 17.4 Å². The molecule has 0 saturated heterocycles. The average Bonchev–Trinajstić information content (AvgIpc) is 2.82. The zero-order chi connectivity index (χ0) is 15.5. The average molecular weight is 304 g/mol. The molecule has 1 heterocycles. The van der Waals surface area contributed by atoms with Gasteiger partial charge in [0.05, 0.1) is 5.69 Å².